The van der Waals surface area contributed by atoms with Gasteiger partial charge >= 0.3 is 0 Å². The van der Waals surface area contributed by atoms with E-state index in [0.29, 0.717) is 11.7 Å². The van der Waals surface area contributed by atoms with E-state index in [1.807, 2.05) is 6.92 Å². The molecule has 1 aromatic rings. The molecule has 1 aliphatic rings. The van der Waals surface area contributed by atoms with Gasteiger partial charge in [0.15, 0.2) is 5.82 Å². The van der Waals surface area contributed by atoms with E-state index in [0.717, 1.165) is 32.4 Å². The first-order chi connectivity index (χ1) is 8.21. The lowest BCUT2D eigenvalue weighted by Crippen LogP contribution is -2.27. The van der Waals surface area contributed by atoms with E-state index >= 15 is 0 Å². The van der Waals surface area contributed by atoms with E-state index in [1.165, 1.54) is 0 Å². The number of nitrogens with zero attached hydrogens (tertiary/aromatic N) is 2. The zero-order chi connectivity index (χ0) is 12.3. The predicted octanol–water partition coefficient (Wildman–Crippen LogP) is 2.08. The highest BCUT2D eigenvalue weighted by atomic mass is 35.5. The Bertz CT molecular complexity index is 440. The fourth-order valence-corrected chi connectivity index (χ4v) is 2.15. The first-order valence-corrected chi connectivity index (χ1v) is 6.59. The third-order valence-corrected chi connectivity index (χ3v) is 3.82. The van der Waals surface area contributed by atoms with Gasteiger partial charge in [0.1, 0.15) is 0 Å². The third-order valence-electron chi connectivity index (χ3n) is 3.25. The maximum absolute atomic E-state index is 12.0. The largest absolute Gasteiger partial charge is 0.365 e. The van der Waals surface area contributed by atoms with Crippen LogP contribution >= 0.6 is 11.6 Å². The molecule has 0 atom stereocenters. The van der Waals surface area contributed by atoms with Crippen molar-refractivity contribution in [3.63, 3.8) is 0 Å². The minimum Gasteiger partial charge on any atom is -0.365 e. The number of halogens is 1. The molecule has 1 N–H and O–H groups in total. The van der Waals surface area contributed by atoms with Crippen LogP contribution in [0.15, 0.2) is 17.2 Å². The summed E-state index contributed by atoms with van der Waals surface area (Å²) in [6.07, 6.45) is 6.61. The number of alkyl halides is 1. The van der Waals surface area contributed by atoms with Gasteiger partial charge in [-0.1, -0.05) is 6.92 Å². The molecule has 0 spiro atoms. The Hall–Kier alpha value is -1.03. The number of anilines is 1. The van der Waals surface area contributed by atoms with Gasteiger partial charge in [-0.15, -0.1) is 11.6 Å². The molecule has 1 aliphatic carbocycles. The number of aromatic nitrogens is 2. The fourth-order valence-electron chi connectivity index (χ4n) is 1.79. The van der Waals surface area contributed by atoms with Crippen LogP contribution in [0.3, 0.4) is 0 Å². The van der Waals surface area contributed by atoms with E-state index in [4.69, 9.17) is 11.6 Å². The molecule has 1 fully saturated rings. The number of aryl methyl sites for hydroxylation is 1. The quantitative estimate of drug-likeness (QED) is 0.792. The minimum absolute atomic E-state index is 0.0419. The second-order valence-electron chi connectivity index (χ2n) is 4.76. The summed E-state index contributed by atoms with van der Waals surface area (Å²) in [5, 5.41) is 3.14. The Balaban J connectivity index is 2.05. The van der Waals surface area contributed by atoms with Crippen LogP contribution < -0.4 is 10.9 Å². The van der Waals surface area contributed by atoms with Crippen molar-refractivity contribution in [2.24, 2.45) is 5.41 Å². The summed E-state index contributed by atoms with van der Waals surface area (Å²) in [4.78, 5) is 16.1. The lowest BCUT2D eigenvalue weighted by molar-refractivity contribution is 0.611. The van der Waals surface area contributed by atoms with Crippen LogP contribution in [0.25, 0.3) is 0 Å². The highest BCUT2D eigenvalue weighted by Crippen LogP contribution is 2.46. The van der Waals surface area contributed by atoms with Crippen LogP contribution in [0.2, 0.25) is 0 Å². The number of hydrogen-bond donors (Lipinski definition) is 1. The van der Waals surface area contributed by atoms with Crippen LogP contribution in [-0.4, -0.2) is 22.0 Å². The maximum Gasteiger partial charge on any atom is 0.293 e. The Kier molecular flexibility index (Phi) is 3.72. The summed E-state index contributed by atoms with van der Waals surface area (Å²) in [5.41, 5.74) is 0.154. The zero-order valence-corrected chi connectivity index (χ0v) is 10.8. The lowest BCUT2D eigenvalue weighted by Gasteiger charge is -2.13. The van der Waals surface area contributed by atoms with Crippen LogP contribution in [0.4, 0.5) is 5.82 Å². The van der Waals surface area contributed by atoms with Crippen LogP contribution in [-0.2, 0) is 6.54 Å². The third kappa shape index (κ3) is 2.80. The molecule has 4 nitrogen and oxygen atoms in total. The molecular formula is C12H18ClN3O. The van der Waals surface area contributed by atoms with E-state index in [2.05, 4.69) is 10.3 Å². The predicted molar refractivity (Wildman–Crippen MR) is 69.7 cm³/mol. The molecule has 0 unspecified atom stereocenters. The summed E-state index contributed by atoms with van der Waals surface area (Å²) >= 11 is 5.90. The van der Waals surface area contributed by atoms with Gasteiger partial charge in [-0.3, -0.25) is 4.79 Å². The molecule has 2 rings (SSSR count). The molecule has 1 saturated carbocycles. The van der Waals surface area contributed by atoms with Crippen molar-refractivity contribution in [2.75, 3.05) is 17.7 Å². The smallest absolute Gasteiger partial charge is 0.293 e. The molecule has 94 valence electrons. The lowest BCUT2D eigenvalue weighted by atomic mass is 10.1. The van der Waals surface area contributed by atoms with Crippen molar-refractivity contribution >= 4 is 17.4 Å². The van der Waals surface area contributed by atoms with Crippen LogP contribution in [0.5, 0.6) is 0 Å². The SMILES string of the molecule is CCCn1ccnc(NCC2(CCl)CC2)c1=O. The van der Waals surface area contributed by atoms with Crippen LogP contribution in [0, 0.1) is 5.41 Å². The summed E-state index contributed by atoms with van der Waals surface area (Å²) in [6.45, 7) is 3.53. The van der Waals surface area contributed by atoms with Gasteiger partial charge in [0.25, 0.3) is 5.56 Å². The normalized spacial score (nSPS) is 16.8. The van der Waals surface area contributed by atoms with Crippen molar-refractivity contribution < 1.29 is 0 Å². The molecule has 0 aliphatic heterocycles. The Morgan fingerprint density at radius 1 is 1.59 bits per heavy atom. The Labute approximate surface area is 106 Å². The van der Waals surface area contributed by atoms with E-state index in [9.17, 15) is 4.79 Å². The molecule has 1 heterocycles. The van der Waals surface area contributed by atoms with Gasteiger partial charge in [-0.25, -0.2) is 4.98 Å². The van der Waals surface area contributed by atoms with Gasteiger partial charge in [0.2, 0.25) is 0 Å². The first-order valence-electron chi connectivity index (χ1n) is 6.06. The highest BCUT2D eigenvalue weighted by molar-refractivity contribution is 6.18. The van der Waals surface area contributed by atoms with Crippen molar-refractivity contribution in [1.29, 1.82) is 0 Å². The Morgan fingerprint density at radius 2 is 2.35 bits per heavy atom. The average Bonchev–Trinajstić information content (AvgIpc) is 3.11. The van der Waals surface area contributed by atoms with Gasteiger partial charge in [0, 0.05) is 36.8 Å². The molecule has 5 heteroatoms. The number of nitrogens with one attached hydrogen (secondary N) is 1. The topological polar surface area (TPSA) is 46.9 Å². The van der Waals surface area contributed by atoms with Crippen molar-refractivity contribution in [2.45, 2.75) is 32.7 Å². The van der Waals surface area contributed by atoms with Crippen LogP contribution in [0.1, 0.15) is 26.2 Å². The zero-order valence-electron chi connectivity index (χ0n) is 10.1. The average molecular weight is 256 g/mol. The minimum atomic E-state index is -0.0419. The summed E-state index contributed by atoms with van der Waals surface area (Å²) in [6, 6.07) is 0. The second kappa shape index (κ2) is 5.08. The monoisotopic (exact) mass is 255 g/mol. The maximum atomic E-state index is 12.0. The van der Waals surface area contributed by atoms with E-state index < -0.39 is 0 Å². The fraction of sp³-hybridized carbons (Fsp3) is 0.667. The molecule has 0 bridgehead atoms. The molecule has 1 aromatic heterocycles. The van der Waals surface area contributed by atoms with Gasteiger partial charge in [-0.05, 0) is 19.3 Å². The summed E-state index contributed by atoms with van der Waals surface area (Å²) in [7, 11) is 0. The summed E-state index contributed by atoms with van der Waals surface area (Å²) < 4.78 is 1.69. The van der Waals surface area contributed by atoms with Crippen molar-refractivity contribution in [1.82, 2.24) is 9.55 Å². The first kappa shape index (κ1) is 12.4. The Morgan fingerprint density at radius 3 is 2.94 bits per heavy atom. The summed E-state index contributed by atoms with van der Waals surface area (Å²) in [5.74, 6) is 1.09. The number of hydrogen-bond acceptors (Lipinski definition) is 3. The molecular weight excluding hydrogens is 238 g/mol. The van der Waals surface area contributed by atoms with Gasteiger partial charge in [-0.2, -0.15) is 0 Å². The standard InChI is InChI=1S/C12H18ClN3O/c1-2-6-16-7-5-14-10(11(16)17)15-9-12(8-13)3-4-12/h5,7H,2-4,6,8-9H2,1H3,(H,14,15). The number of rotatable bonds is 6. The van der Waals surface area contributed by atoms with Crippen molar-refractivity contribution in [3.8, 4) is 0 Å². The van der Waals surface area contributed by atoms with E-state index in [-0.39, 0.29) is 11.0 Å². The second-order valence-corrected chi connectivity index (χ2v) is 5.03. The van der Waals surface area contributed by atoms with Gasteiger partial charge in [0.05, 0.1) is 0 Å². The molecule has 0 aromatic carbocycles. The molecule has 0 amide bonds. The highest BCUT2D eigenvalue weighted by Gasteiger charge is 2.41. The molecule has 17 heavy (non-hydrogen) atoms. The van der Waals surface area contributed by atoms with Gasteiger partial charge < -0.3 is 9.88 Å². The molecule has 0 radical (unpaired) electrons. The van der Waals surface area contributed by atoms with Crippen molar-refractivity contribution in [3.05, 3.63) is 22.7 Å². The molecule has 0 saturated heterocycles. The van der Waals surface area contributed by atoms with E-state index in [1.54, 1.807) is 17.0 Å².